The van der Waals surface area contributed by atoms with Crippen molar-refractivity contribution in [2.75, 3.05) is 26.7 Å². The summed E-state index contributed by atoms with van der Waals surface area (Å²) in [4.78, 5) is 28.7. The van der Waals surface area contributed by atoms with Gasteiger partial charge in [0.25, 0.3) is 0 Å². The van der Waals surface area contributed by atoms with Crippen LogP contribution in [0.4, 0.5) is 0 Å². The van der Waals surface area contributed by atoms with E-state index in [1.807, 2.05) is 62.9 Å². The van der Waals surface area contributed by atoms with E-state index in [1.165, 1.54) is 13.2 Å². The molecule has 3 fully saturated rings. The Hall–Kier alpha value is -3.07. The molecule has 0 aromatic heterocycles. The van der Waals surface area contributed by atoms with E-state index in [1.54, 1.807) is 17.0 Å². The summed E-state index contributed by atoms with van der Waals surface area (Å²) >= 11 is 0. The minimum absolute atomic E-state index is 0.113. The lowest BCUT2D eigenvalue weighted by Gasteiger charge is -2.41. The van der Waals surface area contributed by atoms with Gasteiger partial charge in [0.1, 0.15) is 18.5 Å². The van der Waals surface area contributed by atoms with E-state index in [4.69, 9.17) is 9.47 Å². The Balaban J connectivity index is 1.51. The average Bonchev–Trinajstić information content (AvgIpc) is 3.53. The molecule has 3 heterocycles. The number of aliphatic hydroxyl groups is 1. The molecule has 2 aromatic carbocycles. The minimum Gasteiger partial charge on any atom is -0.497 e. The fourth-order valence-corrected chi connectivity index (χ4v) is 7.15. The van der Waals surface area contributed by atoms with E-state index in [0.717, 1.165) is 5.56 Å². The summed E-state index contributed by atoms with van der Waals surface area (Å²) in [5, 5.41) is 23.6. The molecule has 0 radical (unpaired) electrons. The van der Waals surface area contributed by atoms with Crippen molar-refractivity contribution >= 4 is 21.9 Å². The number of carbonyl (C=O) groups excluding carboxylic acids is 1. The number of methoxy groups -OCH3 is 1. The van der Waals surface area contributed by atoms with Gasteiger partial charge < -0.3 is 25.0 Å². The Kier molecular flexibility index (Phi) is 11.0. The molecular formula is C31H44N4O8S. The lowest BCUT2D eigenvalue weighted by atomic mass is 9.98. The molecule has 4 N–H and O–H groups in total. The first-order valence-corrected chi connectivity index (χ1v) is 16.4. The molecule has 12 nitrogen and oxygen atoms in total. The quantitative estimate of drug-likeness (QED) is 0.214. The van der Waals surface area contributed by atoms with E-state index in [9.17, 15) is 28.2 Å². The Morgan fingerprint density at radius 3 is 2.41 bits per heavy atom. The number of carboxylic acid groups (broad SMARTS) is 1. The average molecular weight is 633 g/mol. The Morgan fingerprint density at radius 2 is 1.80 bits per heavy atom. The highest BCUT2D eigenvalue weighted by Crippen LogP contribution is 2.37. The fraction of sp³-hybridized carbons (Fsp3) is 0.548. The summed E-state index contributed by atoms with van der Waals surface area (Å²) in [6.07, 6.45) is -1.51. The number of amides is 1. The van der Waals surface area contributed by atoms with Crippen LogP contribution in [-0.2, 0) is 37.2 Å². The number of hydrogen-bond acceptors (Lipinski definition) is 9. The van der Waals surface area contributed by atoms with Gasteiger partial charge in [0, 0.05) is 13.1 Å². The molecule has 2 aromatic rings. The van der Waals surface area contributed by atoms with Gasteiger partial charge in [-0.2, -0.15) is 0 Å². The normalized spacial score (nSPS) is 20.7. The molecule has 5 atom stereocenters. The Bertz CT molecular complexity index is 1400. The zero-order valence-corrected chi connectivity index (χ0v) is 26.7. The number of sulfonamides is 1. The summed E-state index contributed by atoms with van der Waals surface area (Å²) in [6, 6.07) is 12.6. The number of aliphatic carboxylic acids is 1. The SMILES string of the molecule is COc1ccc(S(=O)(=O)NC[C@@H](O)[C@H](Cc2ccccc2)NC(=O)[C@H](C(C)C)N2CC3OC2N3CC(=O)O)c(CC(C)C)c1. The number of rotatable bonds is 16. The lowest BCUT2D eigenvalue weighted by Crippen LogP contribution is -2.60. The van der Waals surface area contributed by atoms with Crippen LogP contribution in [0.15, 0.2) is 53.4 Å². The Morgan fingerprint density at radius 1 is 1.09 bits per heavy atom. The number of benzene rings is 2. The molecule has 242 valence electrons. The summed E-state index contributed by atoms with van der Waals surface area (Å²) < 4.78 is 40.5. The van der Waals surface area contributed by atoms with Gasteiger partial charge in [-0.1, -0.05) is 58.0 Å². The molecule has 2 bridgehead atoms. The van der Waals surface area contributed by atoms with Crippen molar-refractivity contribution in [3.63, 3.8) is 0 Å². The first-order chi connectivity index (χ1) is 20.8. The highest BCUT2D eigenvalue weighted by atomic mass is 32.2. The van der Waals surface area contributed by atoms with E-state index < -0.39 is 46.8 Å². The highest BCUT2D eigenvalue weighted by Gasteiger charge is 2.56. The van der Waals surface area contributed by atoms with Gasteiger partial charge in [-0.15, -0.1) is 0 Å². The van der Waals surface area contributed by atoms with Gasteiger partial charge in [-0.05, 0) is 54.0 Å². The lowest BCUT2D eigenvalue weighted by molar-refractivity contribution is -0.263. The maximum atomic E-state index is 13.8. The van der Waals surface area contributed by atoms with Gasteiger partial charge >= 0.3 is 5.97 Å². The molecule has 2 unspecified atom stereocenters. The summed E-state index contributed by atoms with van der Waals surface area (Å²) in [5.74, 6) is -0.743. The number of hydrogen-bond donors (Lipinski definition) is 4. The number of carbonyl (C=O) groups is 2. The van der Waals surface area contributed by atoms with Crippen molar-refractivity contribution in [1.29, 1.82) is 0 Å². The van der Waals surface area contributed by atoms with Crippen LogP contribution < -0.4 is 14.8 Å². The molecule has 3 aliphatic heterocycles. The number of carboxylic acids is 1. The minimum atomic E-state index is -4.01. The van der Waals surface area contributed by atoms with Crippen LogP contribution in [0.2, 0.25) is 0 Å². The molecule has 5 rings (SSSR count). The topological polar surface area (TPSA) is 158 Å². The van der Waals surface area contributed by atoms with Crippen LogP contribution in [0.3, 0.4) is 0 Å². The smallest absolute Gasteiger partial charge is 0.317 e. The fourth-order valence-electron chi connectivity index (χ4n) is 5.87. The third-order valence-electron chi connectivity index (χ3n) is 7.92. The zero-order valence-electron chi connectivity index (χ0n) is 25.8. The van der Waals surface area contributed by atoms with Crippen LogP contribution in [-0.4, -0.2) is 97.8 Å². The van der Waals surface area contributed by atoms with E-state index in [2.05, 4.69) is 10.0 Å². The van der Waals surface area contributed by atoms with Gasteiger partial charge in [0.2, 0.25) is 15.9 Å². The van der Waals surface area contributed by atoms with Crippen LogP contribution in [0.1, 0.15) is 38.8 Å². The van der Waals surface area contributed by atoms with Crippen molar-refractivity contribution < 1.29 is 37.7 Å². The number of aliphatic hydroxyl groups excluding tert-OH is 1. The van der Waals surface area contributed by atoms with E-state index in [0.29, 0.717) is 24.3 Å². The third kappa shape index (κ3) is 7.95. The molecular weight excluding hydrogens is 588 g/mol. The number of ether oxygens (including phenoxy) is 2. The molecule has 3 saturated heterocycles. The van der Waals surface area contributed by atoms with Crippen molar-refractivity contribution in [1.82, 2.24) is 19.8 Å². The number of fused-ring (bicyclic) bond motifs is 1. The largest absolute Gasteiger partial charge is 0.497 e. The second-order valence-corrected chi connectivity index (χ2v) is 13.9. The zero-order chi connectivity index (χ0) is 32.2. The monoisotopic (exact) mass is 632 g/mol. The van der Waals surface area contributed by atoms with Crippen LogP contribution >= 0.6 is 0 Å². The molecule has 1 amide bonds. The summed E-state index contributed by atoms with van der Waals surface area (Å²) in [5.41, 5.74) is 1.47. The van der Waals surface area contributed by atoms with Gasteiger partial charge in [-0.3, -0.25) is 9.59 Å². The third-order valence-corrected chi connectivity index (χ3v) is 9.44. The molecule has 0 aliphatic carbocycles. The summed E-state index contributed by atoms with van der Waals surface area (Å²) in [6.45, 7) is 7.62. The van der Waals surface area contributed by atoms with Crippen molar-refractivity contribution in [2.24, 2.45) is 11.8 Å². The van der Waals surface area contributed by atoms with Crippen LogP contribution in [0, 0.1) is 11.8 Å². The van der Waals surface area contributed by atoms with E-state index in [-0.39, 0.29) is 42.1 Å². The first kappa shape index (κ1) is 33.8. The van der Waals surface area contributed by atoms with Crippen molar-refractivity contribution in [2.45, 2.75) is 76.2 Å². The predicted molar refractivity (Wildman–Crippen MR) is 163 cm³/mol. The maximum absolute atomic E-state index is 13.8. The van der Waals surface area contributed by atoms with Crippen molar-refractivity contribution in [3.8, 4) is 5.75 Å². The highest BCUT2D eigenvalue weighted by molar-refractivity contribution is 7.89. The van der Waals surface area contributed by atoms with Crippen LogP contribution in [0.5, 0.6) is 5.75 Å². The predicted octanol–water partition coefficient (Wildman–Crippen LogP) is 1.63. The van der Waals surface area contributed by atoms with Gasteiger partial charge in [0.15, 0.2) is 6.35 Å². The second-order valence-electron chi connectivity index (χ2n) is 12.2. The second kappa shape index (κ2) is 14.4. The first-order valence-electron chi connectivity index (χ1n) is 14.9. The molecule has 3 aliphatic rings. The van der Waals surface area contributed by atoms with Gasteiger partial charge in [0.05, 0.1) is 30.2 Å². The Labute approximate surface area is 259 Å². The maximum Gasteiger partial charge on any atom is 0.317 e. The van der Waals surface area contributed by atoms with E-state index >= 15 is 0 Å². The molecule has 13 heteroatoms. The van der Waals surface area contributed by atoms with Gasteiger partial charge in [-0.25, -0.2) is 22.9 Å². The van der Waals surface area contributed by atoms with Crippen molar-refractivity contribution in [3.05, 3.63) is 59.7 Å². The van der Waals surface area contributed by atoms with Crippen LogP contribution in [0.25, 0.3) is 0 Å². The summed E-state index contributed by atoms with van der Waals surface area (Å²) in [7, 11) is -2.49. The molecule has 0 spiro atoms. The number of nitrogens with zero attached hydrogens (tertiary/aromatic N) is 2. The standard InChI is InChI=1S/C31H44N4O8S/c1-19(2)13-22-15-23(42-5)11-12-26(22)44(40,41)32-16-25(36)24(14-21-9-7-6-8-10-21)33-30(39)29(20(3)4)35-17-27-34(18-28(37)38)31(35)43-27/h6-12,15,19-20,24-25,27,29,31-32,36H,13-14,16-18H2,1-5H3,(H,33,39)(H,37,38)/t24-,25+,27?,29-,31?/m0/s1. The molecule has 0 saturated carbocycles. The number of nitrogens with one attached hydrogen (secondary N) is 2. The molecule has 44 heavy (non-hydrogen) atoms.